The average molecular weight is 203 g/mol. The quantitative estimate of drug-likeness (QED) is 0.822. The number of hydrogen-bond donors (Lipinski definition) is 1. The van der Waals surface area contributed by atoms with Gasteiger partial charge < -0.3 is 15.0 Å². The maximum Gasteiger partial charge on any atom is 0.141 e. The lowest BCUT2D eigenvalue weighted by Gasteiger charge is -2.03. The van der Waals surface area contributed by atoms with Crippen LogP contribution in [0, 0.1) is 0 Å². The molecule has 4 heteroatoms. The van der Waals surface area contributed by atoms with Crippen LogP contribution in [0.25, 0.3) is 0 Å². The number of nitrogen functional groups attached to an aromatic ring is 1. The zero-order valence-corrected chi connectivity index (χ0v) is 8.55. The number of aromatic nitrogens is 2. The van der Waals surface area contributed by atoms with E-state index in [9.17, 15) is 0 Å². The number of rotatable bonds is 3. The second-order valence-electron chi connectivity index (χ2n) is 3.32. The molecule has 0 radical (unpaired) electrons. The fourth-order valence-electron chi connectivity index (χ4n) is 1.41. The molecule has 0 aliphatic rings. The van der Waals surface area contributed by atoms with Gasteiger partial charge in [-0.2, -0.15) is 0 Å². The molecule has 2 N–H and O–H groups in total. The third kappa shape index (κ3) is 2.28. The summed E-state index contributed by atoms with van der Waals surface area (Å²) in [6.45, 7) is 0.772. The van der Waals surface area contributed by atoms with E-state index in [1.165, 1.54) is 5.56 Å². The van der Waals surface area contributed by atoms with Gasteiger partial charge in [0, 0.05) is 12.7 Å². The predicted octanol–water partition coefficient (Wildman–Crippen LogP) is 1.52. The van der Waals surface area contributed by atoms with Crippen LogP contribution >= 0.6 is 0 Å². The van der Waals surface area contributed by atoms with Crippen LogP contribution in [0.15, 0.2) is 36.8 Å². The molecule has 0 bridgehead atoms. The van der Waals surface area contributed by atoms with Gasteiger partial charge in [-0.3, -0.25) is 0 Å². The molecule has 0 fully saturated rings. The van der Waals surface area contributed by atoms with Gasteiger partial charge >= 0.3 is 0 Å². The summed E-state index contributed by atoms with van der Waals surface area (Å²) < 4.78 is 7.03. The number of nitrogens with two attached hydrogens (primary N) is 1. The van der Waals surface area contributed by atoms with Crippen molar-refractivity contribution in [2.45, 2.75) is 6.54 Å². The van der Waals surface area contributed by atoms with Crippen LogP contribution in [0.4, 0.5) is 5.82 Å². The Hall–Kier alpha value is -1.97. The van der Waals surface area contributed by atoms with E-state index < -0.39 is 0 Å². The standard InChI is InChI=1S/C11H13N3O/c1-15-10-4-2-9(3-5-10)6-14-7-11(12)13-8-14/h2-5,7-8H,6,12H2,1H3. The summed E-state index contributed by atoms with van der Waals surface area (Å²) in [4.78, 5) is 3.96. The first-order valence-electron chi connectivity index (χ1n) is 4.68. The zero-order chi connectivity index (χ0) is 10.7. The fraction of sp³-hybridized carbons (Fsp3) is 0.182. The highest BCUT2D eigenvalue weighted by molar-refractivity contribution is 5.28. The molecule has 0 atom stereocenters. The van der Waals surface area contributed by atoms with Gasteiger partial charge in [0.2, 0.25) is 0 Å². The van der Waals surface area contributed by atoms with Crippen LogP contribution < -0.4 is 10.5 Å². The molecular formula is C11H13N3O. The number of nitrogens with zero attached hydrogens (tertiary/aromatic N) is 2. The molecule has 0 amide bonds. The molecule has 78 valence electrons. The molecule has 1 heterocycles. The minimum absolute atomic E-state index is 0.545. The normalized spacial score (nSPS) is 10.2. The molecule has 0 spiro atoms. The van der Waals surface area contributed by atoms with Gasteiger partial charge in [0.1, 0.15) is 11.6 Å². The number of ether oxygens (including phenoxy) is 1. The van der Waals surface area contributed by atoms with Gasteiger partial charge in [-0.1, -0.05) is 12.1 Å². The summed E-state index contributed by atoms with van der Waals surface area (Å²) >= 11 is 0. The highest BCUT2D eigenvalue weighted by Crippen LogP contribution is 2.12. The molecule has 15 heavy (non-hydrogen) atoms. The summed E-state index contributed by atoms with van der Waals surface area (Å²) in [5, 5.41) is 0. The number of methoxy groups -OCH3 is 1. The molecule has 4 nitrogen and oxygen atoms in total. The van der Waals surface area contributed by atoms with E-state index in [1.807, 2.05) is 35.0 Å². The highest BCUT2D eigenvalue weighted by Gasteiger charge is 1.97. The van der Waals surface area contributed by atoms with Crippen LogP contribution in [0.3, 0.4) is 0 Å². The van der Waals surface area contributed by atoms with E-state index in [0.29, 0.717) is 5.82 Å². The van der Waals surface area contributed by atoms with Crippen LogP contribution in [-0.2, 0) is 6.54 Å². The first-order chi connectivity index (χ1) is 7.28. The van der Waals surface area contributed by atoms with Crippen molar-refractivity contribution in [3.8, 4) is 5.75 Å². The smallest absolute Gasteiger partial charge is 0.141 e. The first-order valence-corrected chi connectivity index (χ1v) is 4.68. The Kier molecular flexibility index (Phi) is 2.58. The van der Waals surface area contributed by atoms with Gasteiger partial charge in [-0.05, 0) is 17.7 Å². The Bertz CT molecular complexity index is 433. The minimum Gasteiger partial charge on any atom is -0.497 e. The van der Waals surface area contributed by atoms with Crippen molar-refractivity contribution in [2.75, 3.05) is 12.8 Å². The van der Waals surface area contributed by atoms with Crippen LogP contribution in [0.2, 0.25) is 0 Å². The summed E-state index contributed by atoms with van der Waals surface area (Å²) in [6.07, 6.45) is 3.53. The van der Waals surface area contributed by atoms with E-state index in [0.717, 1.165) is 12.3 Å². The number of hydrogen-bond acceptors (Lipinski definition) is 3. The van der Waals surface area contributed by atoms with Crippen molar-refractivity contribution >= 4 is 5.82 Å². The van der Waals surface area contributed by atoms with Gasteiger partial charge in [0.05, 0.1) is 13.4 Å². The molecule has 0 saturated carbocycles. The molecule has 2 rings (SSSR count). The molecule has 1 aromatic carbocycles. The minimum atomic E-state index is 0.545. The van der Waals surface area contributed by atoms with Crippen molar-refractivity contribution in [2.24, 2.45) is 0 Å². The van der Waals surface area contributed by atoms with Crippen molar-refractivity contribution in [3.05, 3.63) is 42.4 Å². The third-order valence-corrected chi connectivity index (χ3v) is 2.18. The Morgan fingerprint density at radius 1 is 1.33 bits per heavy atom. The van der Waals surface area contributed by atoms with Crippen LogP contribution in [0.5, 0.6) is 5.75 Å². The van der Waals surface area contributed by atoms with E-state index in [-0.39, 0.29) is 0 Å². The Morgan fingerprint density at radius 3 is 2.60 bits per heavy atom. The first kappa shape index (κ1) is 9.58. The predicted molar refractivity (Wildman–Crippen MR) is 58.7 cm³/mol. The lowest BCUT2D eigenvalue weighted by Crippen LogP contribution is -1.96. The monoisotopic (exact) mass is 203 g/mol. The topological polar surface area (TPSA) is 53.1 Å². The van der Waals surface area contributed by atoms with Crippen molar-refractivity contribution in [1.82, 2.24) is 9.55 Å². The van der Waals surface area contributed by atoms with E-state index in [1.54, 1.807) is 13.4 Å². The molecule has 0 aliphatic heterocycles. The average Bonchev–Trinajstić information content (AvgIpc) is 2.65. The third-order valence-electron chi connectivity index (χ3n) is 2.18. The molecule has 1 aromatic heterocycles. The maximum absolute atomic E-state index is 5.53. The SMILES string of the molecule is COc1ccc(Cn2cnc(N)c2)cc1. The van der Waals surface area contributed by atoms with Crippen molar-refractivity contribution < 1.29 is 4.74 Å². The second-order valence-corrected chi connectivity index (χ2v) is 3.32. The van der Waals surface area contributed by atoms with Gasteiger partial charge in [0.25, 0.3) is 0 Å². The van der Waals surface area contributed by atoms with Gasteiger partial charge in [0.15, 0.2) is 0 Å². The van der Waals surface area contributed by atoms with Crippen molar-refractivity contribution in [3.63, 3.8) is 0 Å². The van der Waals surface area contributed by atoms with E-state index >= 15 is 0 Å². The van der Waals surface area contributed by atoms with Gasteiger partial charge in [-0.25, -0.2) is 4.98 Å². The summed E-state index contributed by atoms with van der Waals surface area (Å²) in [5.41, 5.74) is 6.71. The van der Waals surface area contributed by atoms with Gasteiger partial charge in [-0.15, -0.1) is 0 Å². The maximum atomic E-state index is 5.53. The number of anilines is 1. The largest absolute Gasteiger partial charge is 0.497 e. The lowest BCUT2D eigenvalue weighted by molar-refractivity contribution is 0.414. The summed E-state index contributed by atoms with van der Waals surface area (Å²) in [7, 11) is 1.66. The second kappa shape index (κ2) is 4.04. The molecule has 2 aromatic rings. The Morgan fingerprint density at radius 2 is 2.07 bits per heavy atom. The van der Waals surface area contributed by atoms with E-state index in [4.69, 9.17) is 10.5 Å². The van der Waals surface area contributed by atoms with E-state index in [2.05, 4.69) is 4.98 Å². The number of benzene rings is 1. The van der Waals surface area contributed by atoms with Crippen LogP contribution in [-0.4, -0.2) is 16.7 Å². The summed E-state index contributed by atoms with van der Waals surface area (Å²) in [6, 6.07) is 7.93. The zero-order valence-electron chi connectivity index (χ0n) is 8.55. The Balaban J connectivity index is 2.11. The molecule has 0 saturated heterocycles. The lowest BCUT2D eigenvalue weighted by atomic mass is 10.2. The Labute approximate surface area is 88.3 Å². The highest BCUT2D eigenvalue weighted by atomic mass is 16.5. The molecular weight excluding hydrogens is 190 g/mol. The number of imidazole rings is 1. The van der Waals surface area contributed by atoms with Crippen LogP contribution in [0.1, 0.15) is 5.56 Å². The molecule has 0 aliphatic carbocycles. The molecule has 0 unspecified atom stereocenters. The summed E-state index contributed by atoms with van der Waals surface area (Å²) in [5.74, 6) is 1.41. The van der Waals surface area contributed by atoms with Crippen molar-refractivity contribution in [1.29, 1.82) is 0 Å². The fourth-order valence-corrected chi connectivity index (χ4v) is 1.41.